The van der Waals surface area contributed by atoms with Crippen LogP contribution in [-0.4, -0.2) is 40.1 Å². The summed E-state index contributed by atoms with van der Waals surface area (Å²) in [5, 5.41) is 9.22. The van der Waals surface area contributed by atoms with Crippen LogP contribution in [0, 0.1) is 13.8 Å². The Morgan fingerprint density at radius 1 is 1.26 bits per heavy atom. The molecule has 3 heterocycles. The predicted molar refractivity (Wildman–Crippen MR) is 71.0 cm³/mol. The smallest absolute Gasteiger partial charge is 0.252 e. The fourth-order valence-corrected chi connectivity index (χ4v) is 2.53. The van der Waals surface area contributed by atoms with Crippen molar-refractivity contribution in [3.8, 4) is 0 Å². The van der Waals surface area contributed by atoms with E-state index < -0.39 is 0 Å². The molecule has 8 heteroatoms. The molecule has 0 fully saturated rings. The van der Waals surface area contributed by atoms with Gasteiger partial charge in [-0.2, -0.15) is 10.1 Å². The van der Waals surface area contributed by atoms with Crippen molar-refractivity contribution in [1.29, 1.82) is 0 Å². The van der Waals surface area contributed by atoms with Gasteiger partial charge in [0.05, 0.1) is 6.54 Å². The van der Waals surface area contributed by atoms with Crippen LogP contribution in [0.4, 0.5) is 0 Å². The molecule has 19 heavy (non-hydrogen) atoms. The highest BCUT2D eigenvalue weighted by atomic mass is 32.2. The van der Waals surface area contributed by atoms with Crippen molar-refractivity contribution in [2.45, 2.75) is 25.5 Å². The highest BCUT2D eigenvalue weighted by molar-refractivity contribution is 7.99. The van der Waals surface area contributed by atoms with Gasteiger partial charge >= 0.3 is 0 Å². The molecule has 0 atom stereocenters. The first-order valence-corrected chi connectivity index (χ1v) is 6.87. The maximum absolute atomic E-state index is 4.43. The molecule has 3 aromatic heterocycles. The Balaban J connectivity index is 1.73. The van der Waals surface area contributed by atoms with Crippen LogP contribution >= 0.6 is 11.8 Å². The second-order valence-corrected chi connectivity index (χ2v) is 5.21. The standard InChI is InChI=1S/C11H13N7S/c1-8-5-9(2)18-10(14-8)15-11(16-18)19-4-3-17-7-12-6-13-17/h5-7H,3-4H2,1-2H3. The van der Waals surface area contributed by atoms with Gasteiger partial charge in [-0.05, 0) is 19.9 Å². The largest absolute Gasteiger partial charge is 0.253 e. The first-order chi connectivity index (χ1) is 9.22. The Labute approximate surface area is 114 Å². The highest BCUT2D eigenvalue weighted by Gasteiger charge is 2.08. The minimum absolute atomic E-state index is 0.653. The van der Waals surface area contributed by atoms with E-state index in [0.29, 0.717) is 5.78 Å². The van der Waals surface area contributed by atoms with E-state index in [1.165, 1.54) is 6.33 Å². The van der Waals surface area contributed by atoms with Gasteiger partial charge in [-0.15, -0.1) is 5.10 Å². The number of aryl methyl sites for hydroxylation is 3. The van der Waals surface area contributed by atoms with Crippen LogP contribution in [0.15, 0.2) is 23.9 Å². The molecule has 3 aromatic rings. The molecule has 0 spiro atoms. The van der Waals surface area contributed by atoms with Crippen molar-refractivity contribution in [2.24, 2.45) is 0 Å². The lowest BCUT2D eigenvalue weighted by molar-refractivity contribution is 0.663. The molecular formula is C11H13N7S. The van der Waals surface area contributed by atoms with Crippen molar-refractivity contribution in [1.82, 2.24) is 34.3 Å². The van der Waals surface area contributed by atoms with Gasteiger partial charge in [-0.3, -0.25) is 4.68 Å². The van der Waals surface area contributed by atoms with Crippen molar-refractivity contribution in [3.05, 3.63) is 30.1 Å². The minimum Gasteiger partial charge on any atom is -0.252 e. The first-order valence-electron chi connectivity index (χ1n) is 5.88. The number of aromatic nitrogens is 7. The van der Waals surface area contributed by atoms with E-state index in [9.17, 15) is 0 Å². The van der Waals surface area contributed by atoms with E-state index in [2.05, 4.69) is 25.1 Å². The van der Waals surface area contributed by atoms with Crippen molar-refractivity contribution in [3.63, 3.8) is 0 Å². The second kappa shape index (κ2) is 4.96. The fraction of sp³-hybridized carbons (Fsp3) is 0.364. The summed E-state index contributed by atoms with van der Waals surface area (Å²) in [4.78, 5) is 12.7. The predicted octanol–water partition coefficient (Wildman–Crippen LogP) is 1.12. The lowest BCUT2D eigenvalue weighted by Gasteiger charge is -1.97. The van der Waals surface area contributed by atoms with Crippen LogP contribution in [0.1, 0.15) is 11.4 Å². The average molecular weight is 275 g/mol. The van der Waals surface area contributed by atoms with Gasteiger partial charge < -0.3 is 0 Å². The lowest BCUT2D eigenvalue weighted by Crippen LogP contribution is -2.00. The molecule has 0 radical (unpaired) electrons. The molecule has 0 unspecified atom stereocenters. The molecule has 0 saturated heterocycles. The van der Waals surface area contributed by atoms with Gasteiger partial charge in [0.25, 0.3) is 5.78 Å². The van der Waals surface area contributed by atoms with E-state index in [1.807, 2.05) is 19.9 Å². The summed E-state index contributed by atoms with van der Waals surface area (Å²) in [5.74, 6) is 1.50. The minimum atomic E-state index is 0.653. The number of hydrogen-bond donors (Lipinski definition) is 0. The second-order valence-electron chi connectivity index (χ2n) is 4.15. The molecule has 0 aliphatic rings. The third-order valence-electron chi connectivity index (χ3n) is 2.62. The SMILES string of the molecule is Cc1cc(C)n2nc(SCCn3cncn3)nc2n1. The molecule has 7 nitrogen and oxygen atoms in total. The van der Waals surface area contributed by atoms with Crippen molar-refractivity contribution >= 4 is 17.5 Å². The Morgan fingerprint density at radius 2 is 2.16 bits per heavy atom. The maximum atomic E-state index is 4.43. The van der Waals surface area contributed by atoms with Gasteiger partial charge in [0, 0.05) is 17.1 Å². The molecule has 0 aliphatic heterocycles. The number of hydrogen-bond acceptors (Lipinski definition) is 6. The molecule has 0 amide bonds. The van der Waals surface area contributed by atoms with E-state index in [0.717, 1.165) is 28.8 Å². The monoisotopic (exact) mass is 275 g/mol. The average Bonchev–Trinajstić information content (AvgIpc) is 2.98. The molecule has 98 valence electrons. The zero-order valence-corrected chi connectivity index (χ0v) is 11.5. The normalized spacial score (nSPS) is 11.3. The van der Waals surface area contributed by atoms with Crippen molar-refractivity contribution in [2.75, 3.05) is 5.75 Å². The lowest BCUT2D eigenvalue weighted by atomic mass is 10.4. The molecule has 0 saturated carbocycles. The molecule has 3 rings (SSSR count). The van der Waals surface area contributed by atoms with E-state index in [-0.39, 0.29) is 0 Å². The summed E-state index contributed by atoms with van der Waals surface area (Å²) in [6.45, 7) is 4.74. The van der Waals surface area contributed by atoms with Gasteiger partial charge in [0.15, 0.2) is 0 Å². The summed E-state index contributed by atoms with van der Waals surface area (Å²) in [7, 11) is 0. The number of nitrogens with zero attached hydrogens (tertiary/aromatic N) is 7. The molecular weight excluding hydrogens is 262 g/mol. The van der Waals surface area contributed by atoms with Crippen LogP contribution in [0.5, 0.6) is 0 Å². The summed E-state index contributed by atoms with van der Waals surface area (Å²) >= 11 is 1.59. The van der Waals surface area contributed by atoms with E-state index in [4.69, 9.17) is 0 Å². The molecule has 0 bridgehead atoms. The van der Waals surface area contributed by atoms with Gasteiger partial charge in [0.2, 0.25) is 5.16 Å². The number of rotatable bonds is 4. The Bertz CT molecular complexity index is 688. The Hall–Kier alpha value is -1.96. The van der Waals surface area contributed by atoms with E-state index in [1.54, 1.807) is 27.3 Å². The van der Waals surface area contributed by atoms with E-state index >= 15 is 0 Å². The van der Waals surface area contributed by atoms with Gasteiger partial charge in [-0.1, -0.05) is 11.8 Å². The van der Waals surface area contributed by atoms with Crippen LogP contribution in [0.25, 0.3) is 5.78 Å². The Kier molecular flexibility index (Phi) is 3.16. The fourth-order valence-electron chi connectivity index (χ4n) is 1.79. The van der Waals surface area contributed by atoms with Crippen molar-refractivity contribution < 1.29 is 0 Å². The third-order valence-corrected chi connectivity index (χ3v) is 3.43. The summed E-state index contributed by atoms with van der Waals surface area (Å²) < 4.78 is 3.56. The molecule has 0 aliphatic carbocycles. The first kappa shape index (κ1) is 12.1. The topological polar surface area (TPSA) is 73.8 Å². The zero-order chi connectivity index (χ0) is 13.2. The van der Waals surface area contributed by atoms with Crippen LogP contribution in [0.3, 0.4) is 0 Å². The molecule has 0 N–H and O–H groups in total. The summed E-state index contributed by atoms with van der Waals surface area (Å²) in [6.07, 6.45) is 3.23. The summed E-state index contributed by atoms with van der Waals surface area (Å²) in [5.41, 5.74) is 2.00. The number of fused-ring (bicyclic) bond motifs is 1. The maximum Gasteiger partial charge on any atom is 0.253 e. The Morgan fingerprint density at radius 3 is 2.95 bits per heavy atom. The van der Waals surface area contributed by atoms with Crippen LogP contribution in [0.2, 0.25) is 0 Å². The van der Waals surface area contributed by atoms with Gasteiger partial charge in [0.1, 0.15) is 12.7 Å². The zero-order valence-electron chi connectivity index (χ0n) is 10.7. The van der Waals surface area contributed by atoms with Gasteiger partial charge in [-0.25, -0.2) is 14.5 Å². The van der Waals surface area contributed by atoms with Crippen LogP contribution in [-0.2, 0) is 6.54 Å². The quantitative estimate of drug-likeness (QED) is 0.664. The highest BCUT2D eigenvalue weighted by Crippen LogP contribution is 2.15. The van der Waals surface area contributed by atoms with Crippen LogP contribution < -0.4 is 0 Å². The third kappa shape index (κ3) is 2.58. The molecule has 0 aromatic carbocycles. The number of thioether (sulfide) groups is 1. The summed E-state index contributed by atoms with van der Waals surface area (Å²) in [6, 6.07) is 1.99.